The summed E-state index contributed by atoms with van der Waals surface area (Å²) in [6.45, 7) is 4.12. The quantitative estimate of drug-likeness (QED) is 0.542. The molecule has 0 aliphatic rings. The fourth-order valence-electron chi connectivity index (χ4n) is 2.64. The van der Waals surface area contributed by atoms with Gasteiger partial charge in [-0.05, 0) is 55.3 Å². The summed E-state index contributed by atoms with van der Waals surface area (Å²) < 4.78 is 26.6. The molecule has 0 saturated heterocycles. The van der Waals surface area contributed by atoms with Gasteiger partial charge in [-0.3, -0.25) is 10.1 Å². The lowest BCUT2D eigenvalue weighted by atomic mass is 10.1. The summed E-state index contributed by atoms with van der Waals surface area (Å²) in [5.74, 6) is -0.377. The minimum Gasteiger partial charge on any atom is -0.298 e. The number of benzene rings is 2. The average Bonchev–Trinajstić information content (AvgIpc) is 3.18. The van der Waals surface area contributed by atoms with Gasteiger partial charge in [0.2, 0.25) is 10.0 Å². The number of hydrogen-bond donors (Lipinski definition) is 2. The van der Waals surface area contributed by atoms with E-state index in [1.165, 1.54) is 46.7 Å². The number of sulfonamides is 1. The first-order valence-electron chi connectivity index (χ1n) is 9.11. The summed E-state index contributed by atoms with van der Waals surface area (Å²) in [7, 11) is -3.71. The van der Waals surface area contributed by atoms with Crippen molar-refractivity contribution in [2.45, 2.75) is 25.2 Å². The Kier molecular flexibility index (Phi) is 6.62. The van der Waals surface area contributed by atoms with E-state index in [2.05, 4.69) is 21.1 Å². The highest BCUT2D eigenvalue weighted by Crippen LogP contribution is 2.26. The van der Waals surface area contributed by atoms with Crippen molar-refractivity contribution in [2.75, 3.05) is 11.9 Å². The standard InChI is InChI=1S/C21H20N4O3S2/c1-14-4-5-17(12-15(14)2)19-13-29-21(24-19)25-20(26)16-6-8-18(9-7-16)30(27,28)23-11-3-10-22/h4-9,12-13,23H,3,11H2,1-2H3,(H,24,25,26). The van der Waals surface area contributed by atoms with Crippen LogP contribution in [0.3, 0.4) is 0 Å². The molecule has 2 N–H and O–H groups in total. The molecule has 3 rings (SSSR count). The van der Waals surface area contributed by atoms with Crippen LogP contribution in [0.1, 0.15) is 27.9 Å². The van der Waals surface area contributed by atoms with Gasteiger partial charge in [0.05, 0.1) is 16.7 Å². The zero-order valence-electron chi connectivity index (χ0n) is 16.5. The van der Waals surface area contributed by atoms with Gasteiger partial charge in [-0.1, -0.05) is 12.1 Å². The summed E-state index contributed by atoms with van der Waals surface area (Å²) in [6, 6.07) is 13.5. The zero-order valence-corrected chi connectivity index (χ0v) is 18.1. The third-order valence-electron chi connectivity index (χ3n) is 4.48. The molecule has 0 saturated carbocycles. The van der Waals surface area contributed by atoms with Gasteiger partial charge >= 0.3 is 0 Å². The van der Waals surface area contributed by atoms with Crippen molar-refractivity contribution in [3.05, 3.63) is 64.5 Å². The van der Waals surface area contributed by atoms with Gasteiger partial charge in [-0.2, -0.15) is 5.26 Å². The highest BCUT2D eigenvalue weighted by molar-refractivity contribution is 7.89. The van der Waals surface area contributed by atoms with Crippen molar-refractivity contribution in [3.63, 3.8) is 0 Å². The predicted octanol–water partition coefficient (Wildman–Crippen LogP) is 3.87. The maximum atomic E-state index is 12.5. The Morgan fingerprint density at radius 3 is 2.53 bits per heavy atom. The van der Waals surface area contributed by atoms with Gasteiger partial charge in [0.1, 0.15) is 0 Å². The topological polar surface area (TPSA) is 112 Å². The first kappa shape index (κ1) is 21.6. The summed E-state index contributed by atoms with van der Waals surface area (Å²) in [5, 5.41) is 13.6. The van der Waals surface area contributed by atoms with Gasteiger partial charge < -0.3 is 0 Å². The Morgan fingerprint density at radius 1 is 1.13 bits per heavy atom. The van der Waals surface area contributed by atoms with Gasteiger partial charge in [-0.25, -0.2) is 18.1 Å². The molecular formula is C21H20N4O3S2. The molecule has 1 amide bonds. The third kappa shape index (κ3) is 5.10. The van der Waals surface area contributed by atoms with E-state index in [4.69, 9.17) is 5.26 Å². The second-order valence-corrected chi connectivity index (χ2v) is 9.25. The predicted molar refractivity (Wildman–Crippen MR) is 117 cm³/mol. The first-order chi connectivity index (χ1) is 14.3. The Hall–Kier alpha value is -3.06. The number of aryl methyl sites for hydroxylation is 2. The van der Waals surface area contributed by atoms with Gasteiger partial charge in [0, 0.05) is 29.5 Å². The number of amides is 1. The Bertz CT molecular complexity index is 1210. The van der Waals surface area contributed by atoms with E-state index in [9.17, 15) is 13.2 Å². The molecule has 0 fully saturated rings. The highest BCUT2D eigenvalue weighted by Gasteiger charge is 2.15. The fraction of sp³-hybridized carbons (Fsp3) is 0.190. The minimum atomic E-state index is -3.71. The number of aromatic nitrogens is 1. The van der Waals surface area contributed by atoms with E-state index in [1.807, 2.05) is 37.4 Å². The maximum absolute atomic E-state index is 12.5. The van der Waals surface area contributed by atoms with Crippen molar-refractivity contribution in [1.82, 2.24) is 9.71 Å². The smallest absolute Gasteiger partial charge is 0.257 e. The zero-order chi connectivity index (χ0) is 21.7. The van der Waals surface area contributed by atoms with E-state index in [0.717, 1.165) is 11.3 Å². The van der Waals surface area contributed by atoms with Crippen molar-refractivity contribution in [3.8, 4) is 17.3 Å². The number of hydrogen-bond acceptors (Lipinski definition) is 6. The number of rotatable bonds is 7. The van der Waals surface area contributed by atoms with E-state index in [-0.39, 0.29) is 23.8 Å². The van der Waals surface area contributed by atoms with Crippen molar-refractivity contribution in [2.24, 2.45) is 0 Å². The molecule has 0 atom stereocenters. The van der Waals surface area contributed by atoms with Crippen LogP contribution in [0, 0.1) is 25.2 Å². The molecule has 0 unspecified atom stereocenters. The van der Waals surface area contributed by atoms with E-state index < -0.39 is 10.0 Å². The lowest BCUT2D eigenvalue weighted by molar-refractivity contribution is 0.102. The van der Waals surface area contributed by atoms with Crippen LogP contribution in [-0.4, -0.2) is 25.9 Å². The normalized spacial score (nSPS) is 11.1. The molecule has 154 valence electrons. The van der Waals surface area contributed by atoms with Crippen LogP contribution in [0.25, 0.3) is 11.3 Å². The SMILES string of the molecule is Cc1ccc(-c2csc(NC(=O)c3ccc(S(=O)(=O)NCCC#N)cc3)n2)cc1C. The van der Waals surface area contributed by atoms with Gasteiger partial charge in [0.25, 0.3) is 5.91 Å². The Balaban J connectivity index is 1.69. The van der Waals surface area contributed by atoms with Crippen molar-refractivity contribution < 1.29 is 13.2 Å². The molecule has 7 nitrogen and oxygen atoms in total. The van der Waals surface area contributed by atoms with Crippen LogP contribution in [-0.2, 0) is 10.0 Å². The summed E-state index contributed by atoms with van der Waals surface area (Å²) in [6.07, 6.45) is 0.0810. The molecule has 1 heterocycles. The molecular weight excluding hydrogens is 420 g/mol. The van der Waals surface area contributed by atoms with E-state index in [0.29, 0.717) is 10.7 Å². The largest absolute Gasteiger partial charge is 0.298 e. The highest BCUT2D eigenvalue weighted by atomic mass is 32.2. The van der Waals surface area contributed by atoms with Crippen LogP contribution in [0.4, 0.5) is 5.13 Å². The van der Waals surface area contributed by atoms with Crippen LogP contribution in [0.2, 0.25) is 0 Å². The van der Waals surface area contributed by atoms with Crippen molar-refractivity contribution >= 4 is 32.4 Å². The van der Waals surface area contributed by atoms with E-state index >= 15 is 0 Å². The Morgan fingerprint density at radius 2 is 1.87 bits per heavy atom. The minimum absolute atomic E-state index is 0.0308. The number of nitriles is 1. The molecule has 0 aliphatic heterocycles. The maximum Gasteiger partial charge on any atom is 0.257 e. The molecule has 2 aromatic carbocycles. The van der Waals surface area contributed by atoms with Crippen LogP contribution in [0.15, 0.2) is 52.7 Å². The second kappa shape index (κ2) is 9.17. The number of nitrogens with zero attached hydrogens (tertiary/aromatic N) is 2. The third-order valence-corrected chi connectivity index (χ3v) is 6.72. The molecule has 30 heavy (non-hydrogen) atoms. The van der Waals surface area contributed by atoms with Gasteiger partial charge in [-0.15, -0.1) is 11.3 Å². The lowest BCUT2D eigenvalue weighted by Crippen LogP contribution is -2.24. The van der Waals surface area contributed by atoms with Crippen LogP contribution < -0.4 is 10.0 Å². The van der Waals surface area contributed by atoms with Crippen LogP contribution >= 0.6 is 11.3 Å². The number of anilines is 1. The Labute approximate surface area is 179 Å². The molecule has 0 spiro atoms. The van der Waals surface area contributed by atoms with E-state index in [1.54, 1.807) is 0 Å². The molecule has 0 aliphatic carbocycles. The molecule has 9 heteroatoms. The monoisotopic (exact) mass is 440 g/mol. The van der Waals surface area contributed by atoms with Gasteiger partial charge in [0.15, 0.2) is 5.13 Å². The summed E-state index contributed by atoms with van der Waals surface area (Å²) >= 11 is 1.32. The van der Waals surface area contributed by atoms with Crippen molar-refractivity contribution in [1.29, 1.82) is 5.26 Å². The number of carbonyl (C=O) groups is 1. The summed E-state index contributed by atoms with van der Waals surface area (Å²) in [4.78, 5) is 17.0. The summed E-state index contributed by atoms with van der Waals surface area (Å²) in [5.41, 5.74) is 4.45. The lowest BCUT2D eigenvalue weighted by Gasteiger charge is -2.06. The number of thiazole rings is 1. The van der Waals surface area contributed by atoms with Crippen LogP contribution in [0.5, 0.6) is 0 Å². The first-order valence-corrected chi connectivity index (χ1v) is 11.5. The number of nitrogens with one attached hydrogen (secondary N) is 2. The molecule has 0 radical (unpaired) electrons. The molecule has 3 aromatic rings. The number of carbonyl (C=O) groups excluding carboxylic acids is 1. The molecule has 0 bridgehead atoms. The molecule has 1 aromatic heterocycles. The fourth-order valence-corrected chi connectivity index (χ4v) is 4.39. The second-order valence-electron chi connectivity index (χ2n) is 6.62. The average molecular weight is 441 g/mol.